The van der Waals surface area contributed by atoms with E-state index in [1.807, 2.05) is 0 Å². The molecule has 42 heavy (non-hydrogen) atoms. The minimum Gasteiger partial charge on any atom is -0.0622 e. The quantitative estimate of drug-likeness (QED) is 0.198. The van der Waals surface area contributed by atoms with E-state index in [4.69, 9.17) is 0 Å². The van der Waals surface area contributed by atoms with Gasteiger partial charge in [0.15, 0.2) is 0 Å². The van der Waals surface area contributed by atoms with E-state index in [-0.39, 0.29) is 0 Å². The summed E-state index contributed by atoms with van der Waals surface area (Å²) in [5, 5.41) is 7.78. The first-order valence-corrected chi connectivity index (χ1v) is 14.5. The third-order valence-electron chi connectivity index (χ3n) is 8.43. The molecule has 0 nitrogen and oxygen atoms in total. The molecule has 0 fully saturated rings. The number of rotatable bonds is 4. The molecule has 0 heteroatoms. The highest BCUT2D eigenvalue weighted by Gasteiger charge is 2.15. The third kappa shape index (κ3) is 4.17. The molecule has 0 aromatic heterocycles. The van der Waals surface area contributed by atoms with Crippen LogP contribution >= 0.6 is 0 Å². The highest BCUT2D eigenvalue weighted by Crippen LogP contribution is 2.43. The van der Waals surface area contributed by atoms with Gasteiger partial charge in [0.25, 0.3) is 0 Å². The van der Waals surface area contributed by atoms with Gasteiger partial charge in [0.2, 0.25) is 0 Å². The van der Waals surface area contributed by atoms with Crippen molar-refractivity contribution in [2.24, 2.45) is 0 Å². The number of hydrogen-bond acceptors (Lipinski definition) is 0. The van der Waals surface area contributed by atoms with Gasteiger partial charge in [-0.15, -0.1) is 0 Å². The van der Waals surface area contributed by atoms with Crippen LogP contribution < -0.4 is 0 Å². The minimum atomic E-state index is 1.22. The molecule has 8 rings (SSSR count). The zero-order chi connectivity index (χ0) is 27.9. The lowest BCUT2D eigenvalue weighted by atomic mass is 9.86. The Hall–Kier alpha value is -5.46. The van der Waals surface area contributed by atoms with Gasteiger partial charge in [0, 0.05) is 0 Å². The summed E-state index contributed by atoms with van der Waals surface area (Å²) in [5.74, 6) is 0. The Morgan fingerprint density at radius 2 is 0.619 bits per heavy atom. The molecule has 0 radical (unpaired) electrons. The molecule has 8 aromatic rings. The number of benzene rings is 8. The Bertz CT molecular complexity index is 2220. The average molecular weight is 533 g/mol. The van der Waals surface area contributed by atoms with Gasteiger partial charge in [-0.3, -0.25) is 0 Å². The molecule has 196 valence electrons. The van der Waals surface area contributed by atoms with Crippen molar-refractivity contribution in [3.05, 3.63) is 170 Å². The lowest BCUT2D eigenvalue weighted by Gasteiger charge is -2.17. The van der Waals surface area contributed by atoms with E-state index in [0.717, 1.165) is 0 Å². The molecule has 0 unspecified atom stereocenters. The molecule has 0 saturated heterocycles. The Balaban J connectivity index is 1.37. The van der Waals surface area contributed by atoms with Crippen molar-refractivity contribution in [2.75, 3.05) is 0 Å². The Morgan fingerprint density at radius 3 is 1.21 bits per heavy atom. The van der Waals surface area contributed by atoms with E-state index in [1.165, 1.54) is 76.8 Å². The van der Waals surface area contributed by atoms with Gasteiger partial charge in [-0.25, -0.2) is 0 Å². The van der Waals surface area contributed by atoms with Gasteiger partial charge in [0.05, 0.1) is 0 Å². The zero-order valence-electron chi connectivity index (χ0n) is 23.2. The van der Waals surface area contributed by atoms with Crippen LogP contribution in [-0.4, -0.2) is 0 Å². The molecule has 0 heterocycles. The van der Waals surface area contributed by atoms with Crippen molar-refractivity contribution in [1.82, 2.24) is 0 Å². The summed E-state index contributed by atoms with van der Waals surface area (Å²) in [4.78, 5) is 0. The fraction of sp³-hybridized carbons (Fsp3) is 0. The first-order chi connectivity index (χ1) is 20.8. The van der Waals surface area contributed by atoms with Crippen molar-refractivity contribution in [2.45, 2.75) is 0 Å². The molecule has 0 aliphatic carbocycles. The maximum absolute atomic E-state index is 2.40. The maximum atomic E-state index is 2.40. The normalized spacial score (nSPS) is 11.3. The van der Waals surface area contributed by atoms with Gasteiger partial charge >= 0.3 is 0 Å². The summed E-state index contributed by atoms with van der Waals surface area (Å²) in [5.41, 5.74) is 9.84. The van der Waals surface area contributed by atoms with Gasteiger partial charge in [-0.2, -0.15) is 0 Å². The smallest absolute Gasteiger partial charge is 0.00199 e. The van der Waals surface area contributed by atoms with Crippen molar-refractivity contribution >= 4 is 32.3 Å². The van der Waals surface area contributed by atoms with Gasteiger partial charge in [0.1, 0.15) is 0 Å². The molecule has 0 bridgehead atoms. The van der Waals surface area contributed by atoms with E-state index >= 15 is 0 Å². The van der Waals surface area contributed by atoms with Gasteiger partial charge in [-0.05, 0) is 101 Å². The van der Waals surface area contributed by atoms with Gasteiger partial charge < -0.3 is 0 Å². The van der Waals surface area contributed by atoms with Crippen LogP contribution in [0, 0.1) is 0 Å². The van der Waals surface area contributed by atoms with Crippen molar-refractivity contribution in [1.29, 1.82) is 0 Å². The summed E-state index contributed by atoms with van der Waals surface area (Å²) < 4.78 is 0. The van der Waals surface area contributed by atoms with E-state index < -0.39 is 0 Å². The summed E-state index contributed by atoms with van der Waals surface area (Å²) in [6.07, 6.45) is 0. The van der Waals surface area contributed by atoms with E-state index in [1.54, 1.807) is 0 Å². The number of fused-ring (bicyclic) bond motifs is 6. The lowest BCUT2D eigenvalue weighted by Crippen LogP contribution is -1.90. The van der Waals surface area contributed by atoms with Crippen molar-refractivity contribution in [3.63, 3.8) is 0 Å². The molecule has 0 aliphatic heterocycles. The first kappa shape index (κ1) is 24.3. The van der Waals surface area contributed by atoms with Crippen LogP contribution in [0.3, 0.4) is 0 Å². The first-order valence-electron chi connectivity index (χ1n) is 14.5. The fourth-order valence-electron chi connectivity index (χ4n) is 6.43. The Kier molecular flexibility index (Phi) is 5.90. The van der Waals surface area contributed by atoms with Crippen LogP contribution in [0.5, 0.6) is 0 Å². The largest absolute Gasteiger partial charge is 0.0622 e. The summed E-state index contributed by atoms with van der Waals surface area (Å²) >= 11 is 0. The lowest BCUT2D eigenvalue weighted by molar-refractivity contribution is 1.58. The van der Waals surface area contributed by atoms with Crippen molar-refractivity contribution in [3.8, 4) is 44.5 Å². The minimum absolute atomic E-state index is 1.22. The Labute approximate surface area is 246 Å². The van der Waals surface area contributed by atoms with E-state index in [9.17, 15) is 0 Å². The highest BCUT2D eigenvalue weighted by atomic mass is 14.2. The highest BCUT2D eigenvalue weighted by molar-refractivity contribution is 6.29. The molecule has 0 aliphatic rings. The summed E-state index contributed by atoms with van der Waals surface area (Å²) in [6.45, 7) is 0. The predicted molar refractivity (Wildman–Crippen MR) is 181 cm³/mol. The SMILES string of the molecule is c1ccc(-c2cccc(-c3cccc(-c4cc(-c5ccccc5)c5c6ccccc6c6ccccc6c5c4)c3)c2)cc1. The molecule has 0 spiro atoms. The third-order valence-corrected chi connectivity index (χ3v) is 8.43. The van der Waals surface area contributed by atoms with Crippen LogP contribution in [0.2, 0.25) is 0 Å². The second-order valence-electron chi connectivity index (χ2n) is 10.9. The van der Waals surface area contributed by atoms with E-state index in [2.05, 4.69) is 170 Å². The zero-order valence-corrected chi connectivity index (χ0v) is 23.2. The molecule has 0 saturated carbocycles. The monoisotopic (exact) mass is 532 g/mol. The second-order valence-corrected chi connectivity index (χ2v) is 10.9. The number of hydrogen-bond donors (Lipinski definition) is 0. The topological polar surface area (TPSA) is 0 Å². The molecular weight excluding hydrogens is 504 g/mol. The van der Waals surface area contributed by atoms with Crippen LogP contribution in [0.1, 0.15) is 0 Å². The molecule has 0 atom stereocenters. The van der Waals surface area contributed by atoms with Crippen molar-refractivity contribution < 1.29 is 0 Å². The Morgan fingerprint density at radius 1 is 0.214 bits per heavy atom. The summed E-state index contributed by atoms with van der Waals surface area (Å²) in [6, 6.07) is 61.7. The molecule has 8 aromatic carbocycles. The average Bonchev–Trinajstić information content (AvgIpc) is 3.09. The molecular formula is C42H28. The summed E-state index contributed by atoms with van der Waals surface area (Å²) in [7, 11) is 0. The molecule has 0 amide bonds. The van der Waals surface area contributed by atoms with Crippen LogP contribution in [0.25, 0.3) is 76.8 Å². The van der Waals surface area contributed by atoms with Crippen LogP contribution in [0.4, 0.5) is 0 Å². The maximum Gasteiger partial charge on any atom is -0.00199 e. The molecule has 0 N–H and O–H groups in total. The predicted octanol–water partition coefficient (Wildman–Crippen LogP) is 11.8. The standard InChI is InChI=1S/C42H28/c1-3-13-29(14-4-1)31-17-11-18-32(25-31)33-19-12-20-34(26-33)35-27-40(30-15-5-2-6-16-30)42-39-24-10-9-22-37(39)36-21-7-8-23-38(36)41(42)28-35/h1-28H. The van der Waals surface area contributed by atoms with Crippen LogP contribution in [-0.2, 0) is 0 Å². The van der Waals surface area contributed by atoms with Gasteiger partial charge in [-0.1, -0.05) is 146 Å². The van der Waals surface area contributed by atoms with Crippen LogP contribution in [0.15, 0.2) is 170 Å². The van der Waals surface area contributed by atoms with E-state index in [0.29, 0.717) is 0 Å². The second kappa shape index (κ2) is 10.2. The fourth-order valence-corrected chi connectivity index (χ4v) is 6.43.